The summed E-state index contributed by atoms with van der Waals surface area (Å²) in [6, 6.07) is 9.02. The molecule has 2 atom stereocenters. The van der Waals surface area contributed by atoms with Crippen molar-refractivity contribution >= 4 is 24.4 Å². The minimum absolute atomic E-state index is 0.194. The third-order valence-electron chi connectivity index (χ3n) is 6.62. The molecule has 0 N–H and O–H groups in total. The van der Waals surface area contributed by atoms with Gasteiger partial charge in [0.25, 0.3) is 0 Å². The van der Waals surface area contributed by atoms with Gasteiger partial charge in [-0.3, -0.25) is 0 Å². The Kier molecular flexibility index (Phi) is 4.70. The van der Waals surface area contributed by atoms with Crippen LogP contribution in [0.4, 0.5) is 10.5 Å². The Morgan fingerprint density at radius 1 is 1.03 bits per heavy atom. The van der Waals surface area contributed by atoms with Crippen LogP contribution in [0.5, 0.6) is 0 Å². The van der Waals surface area contributed by atoms with Gasteiger partial charge < -0.3 is 23.8 Å². The van der Waals surface area contributed by atoms with Gasteiger partial charge in [0, 0.05) is 24.8 Å². The van der Waals surface area contributed by atoms with Crippen LogP contribution in [0.2, 0.25) is 0 Å². The van der Waals surface area contributed by atoms with Crippen molar-refractivity contribution in [2.75, 3.05) is 18.0 Å². The lowest BCUT2D eigenvalue weighted by Gasteiger charge is -2.36. The molecule has 3 aliphatic rings. The molecule has 2 unspecified atom stereocenters. The standard InChI is InChI=1S/C22H33BN2O4/c1-20(2,3)27-19(26)25-14-17-12-18(25)13-24(17)16-10-8-15(9-11-16)23-28-21(4,5)22(6,7)29-23/h8-11,17-18H,12-14H2,1-7H3. The van der Waals surface area contributed by atoms with E-state index in [1.54, 1.807) is 0 Å². The molecule has 6 nitrogen and oxygen atoms in total. The summed E-state index contributed by atoms with van der Waals surface area (Å²) in [6.07, 6.45) is 0.804. The molecule has 1 amide bonds. The first-order chi connectivity index (χ1) is 13.4. The number of nitrogens with zero attached hydrogens (tertiary/aromatic N) is 2. The summed E-state index contributed by atoms with van der Waals surface area (Å²) in [5.74, 6) is 0. The van der Waals surface area contributed by atoms with E-state index in [1.165, 1.54) is 5.69 Å². The van der Waals surface area contributed by atoms with Crippen LogP contribution in [0.3, 0.4) is 0 Å². The van der Waals surface area contributed by atoms with Gasteiger partial charge in [-0.1, -0.05) is 12.1 Å². The molecule has 158 valence electrons. The van der Waals surface area contributed by atoms with Gasteiger partial charge in [-0.15, -0.1) is 0 Å². The summed E-state index contributed by atoms with van der Waals surface area (Å²) < 4.78 is 17.9. The second kappa shape index (κ2) is 6.64. The molecule has 3 aliphatic heterocycles. The molecule has 0 radical (unpaired) electrons. The minimum Gasteiger partial charge on any atom is -0.444 e. The number of hydrogen-bond donors (Lipinski definition) is 0. The monoisotopic (exact) mass is 400 g/mol. The minimum atomic E-state index is -0.456. The van der Waals surface area contributed by atoms with Crippen molar-refractivity contribution in [1.82, 2.24) is 4.90 Å². The predicted molar refractivity (Wildman–Crippen MR) is 115 cm³/mol. The van der Waals surface area contributed by atoms with Crippen molar-refractivity contribution < 1.29 is 18.8 Å². The summed E-state index contributed by atoms with van der Waals surface area (Å²) >= 11 is 0. The van der Waals surface area contributed by atoms with Crippen molar-refractivity contribution in [3.63, 3.8) is 0 Å². The Labute approximate surface area is 174 Å². The quantitative estimate of drug-likeness (QED) is 0.714. The molecule has 2 bridgehead atoms. The number of carbonyl (C=O) groups is 1. The molecule has 3 heterocycles. The average Bonchev–Trinajstić information content (AvgIpc) is 3.25. The first kappa shape index (κ1) is 20.5. The number of ether oxygens (including phenoxy) is 1. The van der Waals surface area contributed by atoms with E-state index in [2.05, 4.69) is 56.9 Å². The zero-order valence-electron chi connectivity index (χ0n) is 18.7. The molecule has 1 aromatic rings. The summed E-state index contributed by atoms with van der Waals surface area (Å²) in [5, 5.41) is 0. The Morgan fingerprint density at radius 2 is 1.62 bits per heavy atom. The van der Waals surface area contributed by atoms with E-state index in [0.717, 1.165) is 25.0 Å². The molecule has 3 saturated heterocycles. The summed E-state index contributed by atoms with van der Waals surface area (Å²) in [4.78, 5) is 16.7. The fourth-order valence-corrected chi connectivity index (χ4v) is 4.33. The van der Waals surface area contributed by atoms with Crippen molar-refractivity contribution in [2.24, 2.45) is 0 Å². The third kappa shape index (κ3) is 3.75. The van der Waals surface area contributed by atoms with Crippen LogP contribution in [-0.2, 0) is 14.0 Å². The largest absolute Gasteiger partial charge is 0.494 e. The average molecular weight is 400 g/mol. The number of fused-ring (bicyclic) bond motifs is 2. The van der Waals surface area contributed by atoms with E-state index in [1.807, 2.05) is 25.7 Å². The van der Waals surface area contributed by atoms with Crippen LogP contribution in [0, 0.1) is 0 Å². The Hall–Kier alpha value is -1.73. The van der Waals surface area contributed by atoms with Gasteiger partial charge in [-0.05, 0) is 72.5 Å². The molecule has 1 aromatic carbocycles. The van der Waals surface area contributed by atoms with E-state index in [-0.39, 0.29) is 30.5 Å². The Bertz CT molecular complexity index is 771. The predicted octanol–water partition coefficient (Wildman–Crippen LogP) is 3.18. The maximum Gasteiger partial charge on any atom is 0.494 e. The van der Waals surface area contributed by atoms with Crippen LogP contribution in [-0.4, -0.2) is 60.1 Å². The number of carbonyl (C=O) groups excluding carboxylic acids is 1. The lowest BCUT2D eigenvalue weighted by Crippen LogP contribution is -2.50. The first-order valence-corrected chi connectivity index (χ1v) is 10.6. The molecule has 0 spiro atoms. The number of benzene rings is 1. The second-order valence-electron chi connectivity index (χ2n) is 10.5. The van der Waals surface area contributed by atoms with Crippen LogP contribution in [0.1, 0.15) is 54.9 Å². The van der Waals surface area contributed by atoms with Crippen LogP contribution < -0.4 is 10.4 Å². The molecule has 29 heavy (non-hydrogen) atoms. The number of rotatable bonds is 2. The van der Waals surface area contributed by atoms with Gasteiger partial charge in [-0.25, -0.2) is 4.79 Å². The smallest absolute Gasteiger partial charge is 0.444 e. The number of amides is 1. The van der Waals surface area contributed by atoms with Gasteiger partial charge >= 0.3 is 13.2 Å². The highest BCUT2D eigenvalue weighted by Gasteiger charge is 2.52. The maximum atomic E-state index is 12.4. The SMILES string of the molecule is CC(C)(C)OC(=O)N1CC2CC1CN2c1ccc(B2OC(C)(C)C(C)(C)O2)cc1. The van der Waals surface area contributed by atoms with Crippen LogP contribution >= 0.6 is 0 Å². The van der Waals surface area contributed by atoms with Crippen LogP contribution in [0.15, 0.2) is 24.3 Å². The molecular formula is C22H33BN2O4. The second-order valence-corrected chi connectivity index (χ2v) is 10.5. The highest BCUT2D eigenvalue weighted by molar-refractivity contribution is 6.62. The van der Waals surface area contributed by atoms with Crippen molar-refractivity contribution in [1.29, 1.82) is 0 Å². The van der Waals surface area contributed by atoms with Crippen molar-refractivity contribution in [3.05, 3.63) is 24.3 Å². The van der Waals surface area contributed by atoms with Gasteiger partial charge in [0.2, 0.25) is 0 Å². The highest BCUT2D eigenvalue weighted by Crippen LogP contribution is 2.37. The lowest BCUT2D eigenvalue weighted by molar-refractivity contribution is 0.00578. The molecular weight excluding hydrogens is 367 g/mol. The first-order valence-electron chi connectivity index (χ1n) is 10.6. The summed E-state index contributed by atoms with van der Waals surface area (Å²) in [5.41, 5.74) is 1.08. The van der Waals surface area contributed by atoms with E-state index < -0.39 is 5.60 Å². The summed E-state index contributed by atoms with van der Waals surface area (Å²) in [6.45, 7) is 15.6. The molecule has 3 fully saturated rings. The molecule has 7 heteroatoms. The number of anilines is 1. The fourth-order valence-electron chi connectivity index (χ4n) is 4.33. The van der Waals surface area contributed by atoms with Gasteiger partial charge in [-0.2, -0.15) is 0 Å². The molecule has 0 aliphatic carbocycles. The topological polar surface area (TPSA) is 51.2 Å². The van der Waals surface area contributed by atoms with Crippen LogP contribution in [0.25, 0.3) is 0 Å². The van der Waals surface area contributed by atoms with E-state index in [4.69, 9.17) is 14.0 Å². The van der Waals surface area contributed by atoms with Gasteiger partial charge in [0.05, 0.1) is 17.2 Å². The maximum absolute atomic E-state index is 12.4. The van der Waals surface area contributed by atoms with E-state index in [9.17, 15) is 4.79 Å². The fraction of sp³-hybridized carbons (Fsp3) is 0.682. The lowest BCUT2D eigenvalue weighted by atomic mass is 9.79. The molecule has 4 rings (SSSR count). The van der Waals surface area contributed by atoms with E-state index >= 15 is 0 Å². The van der Waals surface area contributed by atoms with E-state index in [0.29, 0.717) is 6.04 Å². The van der Waals surface area contributed by atoms with Crippen molar-refractivity contribution in [2.45, 2.75) is 83.8 Å². The number of likely N-dealkylation sites (tertiary alicyclic amines) is 1. The Balaban J connectivity index is 1.40. The van der Waals surface area contributed by atoms with Gasteiger partial charge in [0.1, 0.15) is 5.60 Å². The zero-order valence-corrected chi connectivity index (χ0v) is 18.7. The summed E-state index contributed by atoms with van der Waals surface area (Å²) in [7, 11) is -0.341. The number of piperazine rings is 1. The number of hydrogen-bond acceptors (Lipinski definition) is 5. The van der Waals surface area contributed by atoms with Gasteiger partial charge in [0.15, 0.2) is 0 Å². The normalized spacial score (nSPS) is 27.6. The molecule has 0 aromatic heterocycles. The zero-order chi connectivity index (χ0) is 21.2. The highest BCUT2D eigenvalue weighted by atomic mass is 16.7. The third-order valence-corrected chi connectivity index (χ3v) is 6.62. The molecule has 0 saturated carbocycles. The Morgan fingerprint density at radius 3 is 2.10 bits per heavy atom. The van der Waals surface area contributed by atoms with Crippen molar-refractivity contribution in [3.8, 4) is 0 Å².